The summed E-state index contributed by atoms with van der Waals surface area (Å²) in [6, 6.07) is 1.97. The summed E-state index contributed by atoms with van der Waals surface area (Å²) < 4.78 is 0. The van der Waals surface area contributed by atoms with E-state index in [9.17, 15) is 4.79 Å². The number of piperidine rings is 1. The summed E-state index contributed by atoms with van der Waals surface area (Å²) in [6.07, 6.45) is 1.75. The molecule has 1 saturated heterocycles. The van der Waals surface area contributed by atoms with Gasteiger partial charge in [-0.2, -0.15) is 5.26 Å². The van der Waals surface area contributed by atoms with E-state index in [0.717, 1.165) is 25.9 Å². The molecule has 4 nitrogen and oxygen atoms in total. The summed E-state index contributed by atoms with van der Waals surface area (Å²) in [6.45, 7) is 1.77. The van der Waals surface area contributed by atoms with E-state index in [1.807, 2.05) is 6.07 Å². The van der Waals surface area contributed by atoms with E-state index in [1.54, 1.807) is 0 Å². The lowest BCUT2D eigenvalue weighted by atomic mass is 9.85. The van der Waals surface area contributed by atoms with Crippen molar-refractivity contribution in [2.45, 2.75) is 12.8 Å². The minimum Gasteiger partial charge on any atom is -0.369 e. The number of hydrogen-bond donors (Lipinski definition) is 2. The Balaban J connectivity index is 2.53. The van der Waals surface area contributed by atoms with Gasteiger partial charge in [-0.3, -0.25) is 4.79 Å². The molecule has 1 rings (SSSR count). The van der Waals surface area contributed by atoms with E-state index in [0.29, 0.717) is 0 Å². The largest absolute Gasteiger partial charge is 0.369 e. The lowest BCUT2D eigenvalue weighted by Gasteiger charge is -2.24. The molecule has 1 fully saturated rings. The summed E-state index contributed by atoms with van der Waals surface area (Å²) in [5.74, 6) is -0.912. The Hall–Kier alpha value is -1.08. The second-order valence-electron chi connectivity index (χ2n) is 3.10. The molecule has 1 unspecified atom stereocenters. The highest BCUT2D eigenvalue weighted by Gasteiger charge is 2.27. The number of primary amides is 1. The number of nitrogens with one attached hydrogen (secondary N) is 1. The Bertz CT molecular complexity index is 203. The van der Waals surface area contributed by atoms with Gasteiger partial charge in [0.05, 0.1) is 6.07 Å². The quantitative estimate of drug-likeness (QED) is 0.588. The van der Waals surface area contributed by atoms with Gasteiger partial charge in [-0.15, -0.1) is 0 Å². The average molecular weight is 167 g/mol. The Kier molecular flexibility index (Phi) is 3.06. The van der Waals surface area contributed by atoms with Crippen molar-refractivity contribution in [3.8, 4) is 6.07 Å². The van der Waals surface area contributed by atoms with Gasteiger partial charge in [-0.05, 0) is 31.8 Å². The maximum absolute atomic E-state index is 10.8. The zero-order valence-electron chi connectivity index (χ0n) is 6.92. The number of amides is 1. The van der Waals surface area contributed by atoms with Crippen LogP contribution in [0.15, 0.2) is 0 Å². The molecule has 1 heterocycles. The van der Waals surface area contributed by atoms with Crippen LogP contribution in [0.4, 0.5) is 0 Å². The third-order valence-electron chi connectivity index (χ3n) is 2.30. The topological polar surface area (TPSA) is 78.9 Å². The van der Waals surface area contributed by atoms with Crippen molar-refractivity contribution in [1.82, 2.24) is 5.32 Å². The molecule has 66 valence electrons. The Morgan fingerprint density at radius 1 is 1.58 bits per heavy atom. The van der Waals surface area contributed by atoms with Gasteiger partial charge in [0.25, 0.3) is 0 Å². The molecule has 1 atom stereocenters. The molecule has 0 aromatic carbocycles. The molecule has 0 aliphatic carbocycles. The molecule has 3 N–H and O–H groups in total. The molecule has 4 heteroatoms. The van der Waals surface area contributed by atoms with Gasteiger partial charge in [-0.1, -0.05) is 0 Å². The summed E-state index contributed by atoms with van der Waals surface area (Å²) in [5, 5.41) is 11.8. The summed E-state index contributed by atoms with van der Waals surface area (Å²) >= 11 is 0. The number of nitriles is 1. The number of rotatable bonds is 2. The smallest absolute Gasteiger partial charge is 0.235 e. The molecule has 1 aliphatic rings. The highest BCUT2D eigenvalue weighted by atomic mass is 16.1. The molecular formula is C8H13N3O. The fourth-order valence-electron chi connectivity index (χ4n) is 1.58. The van der Waals surface area contributed by atoms with Crippen LogP contribution in [0.2, 0.25) is 0 Å². The van der Waals surface area contributed by atoms with Crippen LogP contribution in [-0.2, 0) is 4.79 Å². The molecule has 0 saturated carbocycles. The predicted octanol–water partition coefficient (Wildman–Crippen LogP) is -0.389. The highest BCUT2D eigenvalue weighted by Crippen LogP contribution is 2.20. The number of carbonyl (C=O) groups excluding carboxylic acids is 1. The van der Waals surface area contributed by atoms with Crippen LogP contribution < -0.4 is 11.1 Å². The van der Waals surface area contributed by atoms with Gasteiger partial charge < -0.3 is 11.1 Å². The Morgan fingerprint density at radius 2 is 2.17 bits per heavy atom. The van der Waals surface area contributed by atoms with Gasteiger partial charge in [0.1, 0.15) is 5.92 Å². The van der Waals surface area contributed by atoms with Gasteiger partial charge in [0.2, 0.25) is 5.91 Å². The van der Waals surface area contributed by atoms with Crippen LogP contribution in [-0.4, -0.2) is 19.0 Å². The number of nitrogens with zero attached hydrogens (tertiary/aromatic N) is 1. The van der Waals surface area contributed by atoms with Crippen molar-refractivity contribution in [2.75, 3.05) is 13.1 Å². The summed E-state index contributed by atoms with van der Waals surface area (Å²) in [4.78, 5) is 10.8. The first-order valence-corrected chi connectivity index (χ1v) is 4.15. The van der Waals surface area contributed by atoms with Gasteiger partial charge in [-0.25, -0.2) is 0 Å². The molecular weight excluding hydrogens is 154 g/mol. The first-order chi connectivity index (χ1) is 5.75. The third-order valence-corrected chi connectivity index (χ3v) is 2.30. The molecule has 0 aromatic rings. The number of carbonyl (C=O) groups is 1. The van der Waals surface area contributed by atoms with E-state index < -0.39 is 11.8 Å². The van der Waals surface area contributed by atoms with Crippen LogP contribution in [0.3, 0.4) is 0 Å². The van der Waals surface area contributed by atoms with Crippen LogP contribution in [0.25, 0.3) is 0 Å². The maximum Gasteiger partial charge on any atom is 0.235 e. The SMILES string of the molecule is N#CC(C(N)=O)C1CCNCC1. The van der Waals surface area contributed by atoms with Crippen molar-refractivity contribution in [2.24, 2.45) is 17.6 Å². The molecule has 0 spiro atoms. The lowest BCUT2D eigenvalue weighted by molar-refractivity contribution is -0.121. The third kappa shape index (κ3) is 1.95. The summed E-state index contributed by atoms with van der Waals surface area (Å²) in [7, 11) is 0. The van der Waals surface area contributed by atoms with E-state index in [-0.39, 0.29) is 5.92 Å². The van der Waals surface area contributed by atoms with Crippen LogP contribution >= 0.6 is 0 Å². The van der Waals surface area contributed by atoms with Crippen molar-refractivity contribution in [3.63, 3.8) is 0 Å². The molecule has 1 aliphatic heterocycles. The van der Waals surface area contributed by atoms with Gasteiger partial charge in [0, 0.05) is 0 Å². The van der Waals surface area contributed by atoms with E-state index in [1.165, 1.54) is 0 Å². The summed E-state index contributed by atoms with van der Waals surface area (Å²) in [5.41, 5.74) is 5.10. The molecule has 0 radical (unpaired) electrons. The Labute approximate surface area is 71.7 Å². The monoisotopic (exact) mass is 167 g/mol. The van der Waals surface area contributed by atoms with E-state index >= 15 is 0 Å². The predicted molar refractivity (Wildman–Crippen MR) is 43.9 cm³/mol. The second kappa shape index (κ2) is 4.07. The van der Waals surface area contributed by atoms with Crippen LogP contribution in [0, 0.1) is 23.2 Å². The fourth-order valence-corrected chi connectivity index (χ4v) is 1.58. The van der Waals surface area contributed by atoms with E-state index in [2.05, 4.69) is 5.32 Å². The van der Waals surface area contributed by atoms with E-state index in [4.69, 9.17) is 11.0 Å². The molecule has 0 aromatic heterocycles. The lowest BCUT2D eigenvalue weighted by Crippen LogP contribution is -2.36. The normalized spacial score (nSPS) is 21.2. The van der Waals surface area contributed by atoms with Gasteiger partial charge >= 0.3 is 0 Å². The second-order valence-corrected chi connectivity index (χ2v) is 3.10. The zero-order valence-corrected chi connectivity index (χ0v) is 6.92. The molecule has 1 amide bonds. The van der Waals surface area contributed by atoms with Crippen molar-refractivity contribution >= 4 is 5.91 Å². The molecule has 0 bridgehead atoms. The van der Waals surface area contributed by atoms with Crippen molar-refractivity contribution < 1.29 is 4.79 Å². The van der Waals surface area contributed by atoms with Crippen LogP contribution in [0.1, 0.15) is 12.8 Å². The fraction of sp³-hybridized carbons (Fsp3) is 0.750. The van der Waals surface area contributed by atoms with Crippen molar-refractivity contribution in [1.29, 1.82) is 5.26 Å². The standard InChI is InChI=1S/C8H13N3O/c9-5-7(8(10)12)6-1-3-11-4-2-6/h6-7,11H,1-4H2,(H2,10,12). The minimum atomic E-state index is -0.591. The maximum atomic E-state index is 10.8. The number of hydrogen-bond acceptors (Lipinski definition) is 3. The molecule has 12 heavy (non-hydrogen) atoms. The average Bonchev–Trinajstić information content (AvgIpc) is 2.07. The number of nitrogens with two attached hydrogens (primary N) is 1. The minimum absolute atomic E-state index is 0.161. The van der Waals surface area contributed by atoms with Gasteiger partial charge in [0.15, 0.2) is 0 Å². The first kappa shape index (κ1) is 9.01. The van der Waals surface area contributed by atoms with Crippen molar-refractivity contribution in [3.05, 3.63) is 0 Å². The first-order valence-electron chi connectivity index (χ1n) is 4.15. The Morgan fingerprint density at radius 3 is 2.58 bits per heavy atom. The zero-order chi connectivity index (χ0) is 8.97. The highest BCUT2D eigenvalue weighted by molar-refractivity contribution is 5.79. The van der Waals surface area contributed by atoms with Crippen LogP contribution in [0.5, 0.6) is 0 Å².